The first-order valence-electron chi connectivity index (χ1n) is 6.43. The van der Waals surface area contributed by atoms with Crippen molar-refractivity contribution in [3.8, 4) is 0 Å². The van der Waals surface area contributed by atoms with Crippen molar-refractivity contribution in [3.05, 3.63) is 29.8 Å². The van der Waals surface area contributed by atoms with Gasteiger partial charge >= 0.3 is 0 Å². The summed E-state index contributed by atoms with van der Waals surface area (Å²) in [5, 5.41) is 5.98. The zero-order valence-electron chi connectivity index (χ0n) is 10.7. The molecule has 98 valence electrons. The molecule has 0 spiro atoms. The third-order valence-electron chi connectivity index (χ3n) is 3.17. The Hall–Kier alpha value is -1.55. The van der Waals surface area contributed by atoms with Gasteiger partial charge in [0.2, 0.25) is 5.91 Å². The minimum absolute atomic E-state index is 0.0747. The summed E-state index contributed by atoms with van der Waals surface area (Å²) in [4.78, 5) is 11.0. The second kappa shape index (κ2) is 6.40. The Balaban J connectivity index is 1.72. The van der Waals surface area contributed by atoms with Crippen LogP contribution in [0.5, 0.6) is 0 Å². The van der Waals surface area contributed by atoms with Crippen LogP contribution >= 0.6 is 0 Å². The Bertz CT molecular complexity index is 407. The molecular formula is C14H20N2O2. The molecule has 0 radical (unpaired) electrons. The maximum atomic E-state index is 11.0. The molecule has 1 heterocycles. The van der Waals surface area contributed by atoms with Crippen molar-refractivity contribution >= 4 is 11.6 Å². The molecule has 0 bridgehead atoms. The third-order valence-corrected chi connectivity index (χ3v) is 3.17. The number of fused-ring (bicyclic) bond motifs is 1. The summed E-state index contributed by atoms with van der Waals surface area (Å²) >= 11 is 0. The summed E-state index contributed by atoms with van der Waals surface area (Å²) in [7, 11) is 1.66. The van der Waals surface area contributed by atoms with Crippen molar-refractivity contribution in [2.75, 3.05) is 25.5 Å². The molecule has 0 fully saturated rings. The van der Waals surface area contributed by atoms with Gasteiger partial charge in [-0.05, 0) is 18.1 Å². The smallest absolute Gasteiger partial charge is 0.219 e. The molecule has 1 aliphatic heterocycles. The second-order valence-electron chi connectivity index (χ2n) is 4.51. The molecule has 0 aromatic heterocycles. The van der Waals surface area contributed by atoms with E-state index in [1.807, 2.05) is 6.07 Å². The summed E-state index contributed by atoms with van der Waals surface area (Å²) in [5.74, 6) is 0.0747. The van der Waals surface area contributed by atoms with E-state index < -0.39 is 0 Å². The maximum absolute atomic E-state index is 11.0. The summed E-state index contributed by atoms with van der Waals surface area (Å²) in [6.45, 7) is 1.49. The molecule has 0 saturated carbocycles. The van der Waals surface area contributed by atoms with E-state index in [1.54, 1.807) is 7.05 Å². The number of nitrogens with one attached hydrogen (secondary N) is 2. The van der Waals surface area contributed by atoms with Crippen LogP contribution in [0.15, 0.2) is 24.3 Å². The van der Waals surface area contributed by atoms with Gasteiger partial charge in [0.1, 0.15) is 0 Å². The normalized spacial score (nSPS) is 17.7. The first-order chi connectivity index (χ1) is 8.79. The van der Waals surface area contributed by atoms with Crippen LogP contribution in [0.3, 0.4) is 0 Å². The van der Waals surface area contributed by atoms with E-state index in [4.69, 9.17) is 4.74 Å². The fraction of sp³-hybridized carbons (Fsp3) is 0.500. The molecule has 1 aliphatic rings. The molecule has 4 heteroatoms. The van der Waals surface area contributed by atoms with Gasteiger partial charge in [0, 0.05) is 38.7 Å². The number of carbonyl (C=O) groups is 1. The van der Waals surface area contributed by atoms with Crippen LogP contribution in [0, 0.1) is 0 Å². The van der Waals surface area contributed by atoms with Gasteiger partial charge in [-0.15, -0.1) is 0 Å². The van der Waals surface area contributed by atoms with Crippen molar-refractivity contribution in [3.63, 3.8) is 0 Å². The minimum Gasteiger partial charge on any atom is -0.382 e. The Morgan fingerprint density at radius 3 is 3.17 bits per heavy atom. The lowest BCUT2D eigenvalue weighted by Crippen LogP contribution is -2.31. The zero-order chi connectivity index (χ0) is 12.8. The first kappa shape index (κ1) is 12.9. The van der Waals surface area contributed by atoms with Crippen molar-refractivity contribution in [1.82, 2.24) is 5.32 Å². The molecule has 2 N–H and O–H groups in total. The SMILES string of the molecule is CNC(=O)CCCOC1CNc2ccccc2C1. The van der Waals surface area contributed by atoms with Gasteiger partial charge in [-0.2, -0.15) is 0 Å². The van der Waals surface area contributed by atoms with E-state index in [1.165, 1.54) is 11.3 Å². The predicted octanol–water partition coefficient (Wildman–Crippen LogP) is 1.57. The second-order valence-corrected chi connectivity index (χ2v) is 4.51. The topological polar surface area (TPSA) is 50.4 Å². The van der Waals surface area contributed by atoms with Gasteiger partial charge < -0.3 is 15.4 Å². The van der Waals surface area contributed by atoms with E-state index in [0.717, 1.165) is 19.4 Å². The molecule has 1 atom stereocenters. The fourth-order valence-electron chi connectivity index (χ4n) is 2.14. The van der Waals surface area contributed by atoms with Crippen molar-refractivity contribution in [2.45, 2.75) is 25.4 Å². The molecular weight excluding hydrogens is 228 g/mol. The highest BCUT2D eigenvalue weighted by Gasteiger charge is 2.17. The molecule has 1 unspecified atom stereocenters. The van der Waals surface area contributed by atoms with Crippen LogP contribution in [0.4, 0.5) is 5.69 Å². The van der Waals surface area contributed by atoms with E-state index >= 15 is 0 Å². The number of hydrogen-bond donors (Lipinski definition) is 2. The largest absolute Gasteiger partial charge is 0.382 e. The third kappa shape index (κ3) is 3.47. The van der Waals surface area contributed by atoms with E-state index in [2.05, 4.69) is 28.8 Å². The highest BCUT2D eigenvalue weighted by molar-refractivity contribution is 5.75. The average Bonchev–Trinajstić information content (AvgIpc) is 2.43. The van der Waals surface area contributed by atoms with Crippen LogP contribution in [-0.2, 0) is 16.0 Å². The number of carbonyl (C=O) groups excluding carboxylic acids is 1. The number of rotatable bonds is 5. The standard InChI is InChI=1S/C14H20N2O2/c1-15-14(17)7-4-8-18-12-9-11-5-2-3-6-13(11)16-10-12/h2-3,5-6,12,16H,4,7-10H2,1H3,(H,15,17). The quantitative estimate of drug-likeness (QED) is 0.778. The van der Waals surface area contributed by atoms with Gasteiger partial charge in [0.15, 0.2) is 0 Å². The highest BCUT2D eigenvalue weighted by atomic mass is 16.5. The first-order valence-corrected chi connectivity index (χ1v) is 6.43. The number of anilines is 1. The lowest BCUT2D eigenvalue weighted by Gasteiger charge is -2.26. The molecule has 4 nitrogen and oxygen atoms in total. The number of benzene rings is 1. The van der Waals surface area contributed by atoms with Crippen molar-refractivity contribution in [2.24, 2.45) is 0 Å². The van der Waals surface area contributed by atoms with Gasteiger partial charge in [0.25, 0.3) is 0 Å². The molecule has 0 aliphatic carbocycles. The molecule has 2 rings (SSSR count). The summed E-state index contributed by atoms with van der Waals surface area (Å²) in [6, 6.07) is 8.31. The van der Waals surface area contributed by atoms with E-state index in [9.17, 15) is 4.79 Å². The molecule has 1 aromatic carbocycles. The molecule has 0 saturated heterocycles. The van der Waals surface area contributed by atoms with Crippen LogP contribution in [-0.4, -0.2) is 32.2 Å². The predicted molar refractivity (Wildman–Crippen MR) is 71.7 cm³/mol. The van der Waals surface area contributed by atoms with Crippen molar-refractivity contribution in [1.29, 1.82) is 0 Å². The Morgan fingerprint density at radius 1 is 1.50 bits per heavy atom. The zero-order valence-corrected chi connectivity index (χ0v) is 10.7. The van der Waals surface area contributed by atoms with Crippen LogP contribution in [0.25, 0.3) is 0 Å². The minimum atomic E-state index is 0.0747. The molecule has 1 amide bonds. The number of hydrogen-bond acceptors (Lipinski definition) is 3. The summed E-state index contributed by atoms with van der Waals surface area (Å²) in [5.41, 5.74) is 2.52. The summed E-state index contributed by atoms with van der Waals surface area (Å²) < 4.78 is 5.79. The van der Waals surface area contributed by atoms with Crippen LogP contribution in [0.1, 0.15) is 18.4 Å². The fourth-order valence-corrected chi connectivity index (χ4v) is 2.14. The van der Waals surface area contributed by atoms with Crippen molar-refractivity contribution < 1.29 is 9.53 Å². The Labute approximate surface area is 108 Å². The number of amides is 1. The number of para-hydroxylation sites is 1. The maximum Gasteiger partial charge on any atom is 0.219 e. The van der Waals surface area contributed by atoms with Crippen LogP contribution < -0.4 is 10.6 Å². The van der Waals surface area contributed by atoms with E-state index in [0.29, 0.717) is 13.0 Å². The van der Waals surface area contributed by atoms with Crippen LogP contribution in [0.2, 0.25) is 0 Å². The monoisotopic (exact) mass is 248 g/mol. The van der Waals surface area contributed by atoms with Gasteiger partial charge in [-0.25, -0.2) is 0 Å². The molecule has 1 aromatic rings. The lowest BCUT2D eigenvalue weighted by atomic mass is 10.0. The van der Waals surface area contributed by atoms with Gasteiger partial charge in [0.05, 0.1) is 6.10 Å². The summed E-state index contributed by atoms with van der Waals surface area (Å²) in [6.07, 6.45) is 2.47. The Kier molecular flexibility index (Phi) is 4.59. The molecule has 18 heavy (non-hydrogen) atoms. The lowest BCUT2D eigenvalue weighted by molar-refractivity contribution is -0.121. The number of ether oxygens (including phenoxy) is 1. The highest BCUT2D eigenvalue weighted by Crippen LogP contribution is 2.22. The van der Waals surface area contributed by atoms with E-state index in [-0.39, 0.29) is 12.0 Å². The van der Waals surface area contributed by atoms with Gasteiger partial charge in [-0.3, -0.25) is 4.79 Å². The Morgan fingerprint density at radius 2 is 2.33 bits per heavy atom. The average molecular weight is 248 g/mol. The van der Waals surface area contributed by atoms with Gasteiger partial charge in [-0.1, -0.05) is 18.2 Å².